The van der Waals surface area contributed by atoms with Gasteiger partial charge < -0.3 is 15.8 Å². The number of benzene rings is 2. The average Bonchev–Trinajstić information content (AvgIpc) is 2.73. The maximum absolute atomic E-state index is 13.2. The van der Waals surface area contributed by atoms with Crippen LogP contribution in [-0.2, 0) is 11.2 Å². The molecule has 20 heavy (non-hydrogen) atoms. The van der Waals surface area contributed by atoms with Crippen molar-refractivity contribution in [1.29, 1.82) is 0 Å². The Morgan fingerprint density at radius 1 is 1.25 bits per heavy atom. The number of carbonyl (C=O) groups is 1. The van der Waals surface area contributed by atoms with Crippen LogP contribution in [0.3, 0.4) is 0 Å². The van der Waals surface area contributed by atoms with Gasteiger partial charge in [0, 0.05) is 17.8 Å². The molecule has 6 heteroatoms. The van der Waals surface area contributed by atoms with Crippen molar-refractivity contribution in [2.45, 2.75) is 6.42 Å². The molecular formula is C14H10BrFN2O2. The van der Waals surface area contributed by atoms with Crippen molar-refractivity contribution in [3.63, 3.8) is 0 Å². The maximum Gasteiger partial charge on any atom is 0.228 e. The number of nitrogen functional groups attached to an aromatic ring is 1. The van der Waals surface area contributed by atoms with Crippen LogP contribution >= 0.6 is 15.9 Å². The zero-order valence-electron chi connectivity index (χ0n) is 10.2. The maximum atomic E-state index is 13.2. The van der Waals surface area contributed by atoms with E-state index in [9.17, 15) is 9.18 Å². The van der Waals surface area contributed by atoms with Crippen molar-refractivity contribution in [1.82, 2.24) is 0 Å². The summed E-state index contributed by atoms with van der Waals surface area (Å²) in [7, 11) is 0. The minimum atomic E-state index is -0.406. The van der Waals surface area contributed by atoms with Crippen LogP contribution in [0.5, 0.6) is 11.5 Å². The standard InChI is InChI=1S/C14H10BrFN2O2/c15-9-2-1-8(16)5-12(9)20-13-6-11-7(3-10(13)17)4-14(19)18-11/h1-3,5-6H,4,17H2,(H,18,19). The van der Waals surface area contributed by atoms with Crippen LogP contribution < -0.4 is 15.8 Å². The van der Waals surface area contributed by atoms with E-state index >= 15 is 0 Å². The molecule has 1 heterocycles. The fourth-order valence-corrected chi connectivity index (χ4v) is 2.36. The number of ether oxygens (including phenoxy) is 1. The fourth-order valence-electron chi connectivity index (χ4n) is 2.04. The summed E-state index contributed by atoms with van der Waals surface area (Å²) in [6.07, 6.45) is 0.309. The van der Waals surface area contributed by atoms with Crippen LogP contribution in [0, 0.1) is 5.82 Å². The number of amides is 1. The quantitative estimate of drug-likeness (QED) is 0.825. The van der Waals surface area contributed by atoms with Crippen molar-refractivity contribution >= 4 is 33.2 Å². The molecule has 0 atom stereocenters. The van der Waals surface area contributed by atoms with Crippen LogP contribution in [-0.4, -0.2) is 5.91 Å². The number of nitrogens with two attached hydrogens (primary N) is 1. The van der Waals surface area contributed by atoms with Gasteiger partial charge in [-0.05, 0) is 39.7 Å². The van der Waals surface area contributed by atoms with E-state index in [2.05, 4.69) is 21.2 Å². The highest BCUT2D eigenvalue weighted by molar-refractivity contribution is 9.10. The highest BCUT2D eigenvalue weighted by Gasteiger charge is 2.20. The van der Waals surface area contributed by atoms with Crippen molar-refractivity contribution < 1.29 is 13.9 Å². The van der Waals surface area contributed by atoms with E-state index in [0.29, 0.717) is 33.8 Å². The van der Waals surface area contributed by atoms with Gasteiger partial charge in [-0.15, -0.1) is 0 Å². The van der Waals surface area contributed by atoms with E-state index in [-0.39, 0.29) is 5.91 Å². The zero-order chi connectivity index (χ0) is 14.3. The number of halogens is 2. The number of carbonyl (C=O) groups excluding carboxylic acids is 1. The van der Waals surface area contributed by atoms with Crippen LogP contribution in [0.2, 0.25) is 0 Å². The fraction of sp³-hybridized carbons (Fsp3) is 0.0714. The minimum absolute atomic E-state index is 0.0801. The van der Waals surface area contributed by atoms with E-state index in [1.807, 2.05) is 0 Å². The molecule has 3 N–H and O–H groups in total. The van der Waals surface area contributed by atoms with Gasteiger partial charge in [0.15, 0.2) is 5.75 Å². The van der Waals surface area contributed by atoms with E-state index in [1.54, 1.807) is 18.2 Å². The van der Waals surface area contributed by atoms with Crippen LogP contribution in [0.15, 0.2) is 34.8 Å². The molecular weight excluding hydrogens is 327 g/mol. The number of nitrogens with one attached hydrogen (secondary N) is 1. The largest absolute Gasteiger partial charge is 0.454 e. The van der Waals surface area contributed by atoms with Crippen molar-refractivity contribution in [3.05, 3.63) is 46.2 Å². The zero-order valence-corrected chi connectivity index (χ0v) is 11.8. The predicted molar refractivity (Wildman–Crippen MR) is 77.4 cm³/mol. The SMILES string of the molecule is Nc1cc2c(cc1Oc1cc(F)ccc1Br)NC(=O)C2. The smallest absolute Gasteiger partial charge is 0.228 e. The van der Waals surface area contributed by atoms with E-state index < -0.39 is 5.82 Å². The van der Waals surface area contributed by atoms with E-state index in [0.717, 1.165) is 5.56 Å². The Morgan fingerprint density at radius 2 is 2.05 bits per heavy atom. The molecule has 102 valence electrons. The summed E-state index contributed by atoms with van der Waals surface area (Å²) in [5, 5.41) is 2.72. The average molecular weight is 337 g/mol. The van der Waals surface area contributed by atoms with Gasteiger partial charge >= 0.3 is 0 Å². The minimum Gasteiger partial charge on any atom is -0.454 e. The third-order valence-electron chi connectivity index (χ3n) is 2.97. The summed E-state index contributed by atoms with van der Waals surface area (Å²) < 4.78 is 19.5. The second-order valence-corrected chi connectivity index (χ2v) is 5.30. The Balaban J connectivity index is 1.97. The third kappa shape index (κ3) is 2.34. The first kappa shape index (κ1) is 12.9. The van der Waals surface area contributed by atoms with Gasteiger partial charge in [0.05, 0.1) is 16.6 Å². The summed E-state index contributed by atoms with van der Waals surface area (Å²) in [6, 6.07) is 7.47. The summed E-state index contributed by atoms with van der Waals surface area (Å²) in [4.78, 5) is 11.3. The molecule has 2 aromatic rings. The van der Waals surface area contributed by atoms with Gasteiger partial charge in [-0.2, -0.15) is 0 Å². The summed E-state index contributed by atoms with van der Waals surface area (Å²) in [6.45, 7) is 0. The first-order chi connectivity index (χ1) is 9.52. The van der Waals surface area contributed by atoms with Gasteiger partial charge in [0.25, 0.3) is 0 Å². The first-order valence-corrected chi connectivity index (χ1v) is 6.67. The molecule has 0 unspecified atom stereocenters. The lowest BCUT2D eigenvalue weighted by atomic mass is 10.1. The van der Waals surface area contributed by atoms with Crippen LogP contribution in [0.1, 0.15) is 5.56 Å². The molecule has 0 bridgehead atoms. The highest BCUT2D eigenvalue weighted by Crippen LogP contribution is 2.37. The monoisotopic (exact) mass is 336 g/mol. The van der Waals surface area contributed by atoms with Gasteiger partial charge in [-0.1, -0.05) is 0 Å². The lowest BCUT2D eigenvalue weighted by Crippen LogP contribution is -2.03. The molecule has 1 aliphatic heterocycles. The molecule has 0 spiro atoms. The number of rotatable bonds is 2. The highest BCUT2D eigenvalue weighted by atomic mass is 79.9. The van der Waals surface area contributed by atoms with Gasteiger partial charge in [0.2, 0.25) is 5.91 Å². The Morgan fingerprint density at radius 3 is 2.85 bits per heavy atom. The third-order valence-corrected chi connectivity index (χ3v) is 3.63. The van der Waals surface area contributed by atoms with Crippen LogP contribution in [0.4, 0.5) is 15.8 Å². The molecule has 0 saturated heterocycles. The van der Waals surface area contributed by atoms with Gasteiger partial charge in [-0.3, -0.25) is 4.79 Å². The predicted octanol–water partition coefficient (Wildman–Crippen LogP) is 3.46. The number of hydrogen-bond donors (Lipinski definition) is 2. The topological polar surface area (TPSA) is 64.3 Å². The van der Waals surface area contributed by atoms with Crippen molar-refractivity contribution in [2.24, 2.45) is 0 Å². The van der Waals surface area contributed by atoms with Crippen LogP contribution in [0.25, 0.3) is 0 Å². The molecule has 2 aromatic carbocycles. The van der Waals surface area contributed by atoms with Gasteiger partial charge in [0.1, 0.15) is 11.6 Å². The molecule has 0 fully saturated rings. The molecule has 1 amide bonds. The van der Waals surface area contributed by atoms with Crippen molar-refractivity contribution in [2.75, 3.05) is 11.1 Å². The van der Waals surface area contributed by atoms with E-state index in [4.69, 9.17) is 10.5 Å². The van der Waals surface area contributed by atoms with Crippen molar-refractivity contribution in [3.8, 4) is 11.5 Å². The second-order valence-electron chi connectivity index (χ2n) is 4.45. The molecule has 0 saturated carbocycles. The Hall–Kier alpha value is -2.08. The second kappa shape index (κ2) is 4.79. The van der Waals surface area contributed by atoms with Gasteiger partial charge in [-0.25, -0.2) is 4.39 Å². The normalized spacial score (nSPS) is 13.0. The first-order valence-electron chi connectivity index (χ1n) is 5.88. The molecule has 3 rings (SSSR count). The summed E-state index contributed by atoms with van der Waals surface area (Å²) in [5.74, 6) is 0.206. The molecule has 0 aliphatic carbocycles. The molecule has 0 radical (unpaired) electrons. The number of hydrogen-bond acceptors (Lipinski definition) is 3. The molecule has 0 aromatic heterocycles. The molecule has 1 aliphatic rings. The summed E-state index contributed by atoms with van der Waals surface area (Å²) >= 11 is 3.28. The summed E-state index contributed by atoms with van der Waals surface area (Å²) in [5.41, 5.74) is 7.81. The Bertz CT molecular complexity index is 719. The lowest BCUT2D eigenvalue weighted by molar-refractivity contribution is -0.115. The number of anilines is 2. The Labute approximate surface area is 122 Å². The molecule has 4 nitrogen and oxygen atoms in total. The van der Waals surface area contributed by atoms with E-state index in [1.165, 1.54) is 12.1 Å². The number of fused-ring (bicyclic) bond motifs is 1. The lowest BCUT2D eigenvalue weighted by Gasteiger charge is -2.12. The Kier molecular flexibility index (Phi) is 3.10.